The molecular weight excluding hydrogens is 203 g/mol. The number of alkyl halides is 3. The number of halogens is 3. The van der Waals surface area contributed by atoms with E-state index in [0.29, 0.717) is 0 Å². The van der Waals surface area contributed by atoms with Crippen molar-refractivity contribution in [1.29, 1.82) is 0 Å². The summed E-state index contributed by atoms with van der Waals surface area (Å²) in [4.78, 5) is -0.187. The topological polar surface area (TPSA) is 46.2 Å². The fourth-order valence-corrected chi connectivity index (χ4v) is 1.36. The fraction of sp³-hybridized carbons (Fsp3) is 0.143. The molecule has 1 rings (SSSR count). The normalized spacial score (nSPS) is 11.6. The van der Waals surface area contributed by atoms with Gasteiger partial charge in [0.1, 0.15) is 5.75 Å². The van der Waals surface area contributed by atoms with Crippen LogP contribution in [0.4, 0.5) is 18.9 Å². The summed E-state index contributed by atoms with van der Waals surface area (Å²) >= 11 is -0.343. The van der Waals surface area contributed by atoms with Crippen LogP contribution in [0.1, 0.15) is 0 Å². The van der Waals surface area contributed by atoms with Gasteiger partial charge in [-0.05, 0) is 23.9 Å². The van der Waals surface area contributed by atoms with Gasteiger partial charge in [0.2, 0.25) is 0 Å². The lowest BCUT2D eigenvalue weighted by Crippen LogP contribution is -2.01. The first-order valence-electron chi connectivity index (χ1n) is 3.23. The van der Waals surface area contributed by atoms with Gasteiger partial charge in [-0.25, -0.2) is 0 Å². The zero-order chi connectivity index (χ0) is 10.1. The van der Waals surface area contributed by atoms with Gasteiger partial charge < -0.3 is 10.8 Å². The standard InChI is InChI=1S/C7H6F3NOS/c8-7(9,10)13-5-3-1-2-4(12)6(5)11/h1-3,12H,11H2. The minimum absolute atomic E-state index is 0.187. The number of phenols is 1. The van der Waals surface area contributed by atoms with E-state index in [1.165, 1.54) is 18.2 Å². The zero-order valence-electron chi connectivity index (χ0n) is 6.30. The highest BCUT2D eigenvalue weighted by molar-refractivity contribution is 8.00. The molecule has 3 N–H and O–H groups in total. The number of rotatable bonds is 1. The molecule has 0 aliphatic carbocycles. The second-order valence-electron chi connectivity index (χ2n) is 2.24. The molecular formula is C7H6F3NOS. The van der Waals surface area contributed by atoms with E-state index in [1.54, 1.807) is 0 Å². The number of nitrogens with two attached hydrogens (primary N) is 1. The Balaban J connectivity index is 2.96. The molecule has 0 saturated carbocycles. The van der Waals surface area contributed by atoms with Crippen molar-refractivity contribution >= 4 is 17.4 Å². The highest BCUT2D eigenvalue weighted by atomic mass is 32.2. The van der Waals surface area contributed by atoms with E-state index < -0.39 is 5.51 Å². The minimum atomic E-state index is -4.39. The van der Waals surface area contributed by atoms with Gasteiger partial charge >= 0.3 is 5.51 Å². The van der Waals surface area contributed by atoms with E-state index in [4.69, 9.17) is 10.8 Å². The summed E-state index contributed by atoms with van der Waals surface area (Å²) in [6, 6.07) is 3.74. The van der Waals surface area contributed by atoms with E-state index in [1.807, 2.05) is 0 Å². The number of thioether (sulfide) groups is 1. The number of nitrogen functional groups attached to an aromatic ring is 1. The van der Waals surface area contributed by atoms with Crippen molar-refractivity contribution in [2.45, 2.75) is 10.4 Å². The molecule has 0 unspecified atom stereocenters. The van der Waals surface area contributed by atoms with Crippen LogP contribution in [0.25, 0.3) is 0 Å². The van der Waals surface area contributed by atoms with Gasteiger partial charge in [0.05, 0.1) is 5.69 Å². The van der Waals surface area contributed by atoms with Crippen molar-refractivity contribution in [3.63, 3.8) is 0 Å². The summed E-state index contributed by atoms with van der Waals surface area (Å²) in [5, 5.41) is 8.99. The van der Waals surface area contributed by atoms with Crippen molar-refractivity contribution in [2.24, 2.45) is 0 Å². The molecule has 0 atom stereocenters. The molecule has 6 heteroatoms. The Labute approximate surface area is 76.6 Å². The Morgan fingerprint density at radius 1 is 1.31 bits per heavy atom. The molecule has 0 aliphatic heterocycles. The average Bonchev–Trinajstić information content (AvgIpc) is 1.96. The van der Waals surface area contributed by atoms with Gasteiger partial charge in [0, 0.05) is 4.90 Å². The Morgan fingerprint density at radius 3 is 2.46 bits per heavy atom. The second kappa shape index (κ2) is 3.37. The number of hydrogen-bond donors (Lipinski definition) is 2. The zero-order valence-corrected chi connectivity index (χ0v) is 7.12. The molecule has 0 fully saturated rings. The Kier molecular flexibility index (Phi) is 2.60. The first-order chi connectivity index (χ1) is 5.90. The summed E-state index contributed by atoms with van der Waals surface area (Å²) in [5.41, 5.74) is 0.586. The van der Waals surface area contributed by atoms with Crippen LogP contribution in [0.15, 0.2) is 23.1 Å². The first kappa shape index (κ1) is 10.0. The first-order valence-corrected chi connectivity index (χ1v) is 4.05. The van der Waals surface area contributed by atoms with Crippen LogP contribution in [0.5, 0.6) is 5.75 Å². The molecule has 0 radical (unpaired) electrons. The SMILES string of the molecule is Nc1c(O)cccc1SC(F)(F)F. The average molecular weight is 209 g/mol. The van der Waals surface area contributed by atoms with Crippen molar-refractivity contribution in [3.8, 4) is 5.75 Å². The van der Waals surface area contributed by atoms with Gasteiger partial charge in [0.15, 0.2) is 0 Å². The van der Waals surface area contributed by atoms with E-state index in [-0.39, 0.29) is 28.1 Å². The molecule has 0 saturated heterocycles. The van der Waals surface area contributed by atoms with Crippen LogP contribution in [0, 0.1) is 0 Å². The number of hydrogen-bond acceptors (Lipinski definition) is 3. The van der Waals surface area contributed by atoms with E-state index >= 15 is 0 Å². The monoisotopic (exact) mass is 209 g/mol. The summed E-state index contributed by atoms with van der Waals surface area (Å²) in [7, 11) is 0. The van der Waals surface area contributed by atoms with Crippen LogP contribution in [-0.2, 0) is 0 Å². The largest absolute Gasteiger partial charge is 0.506 e. The van der Waals surface area contributed by atoms with E-state index in [0.717, 1.165) is 0 Å². The minimum Gasteiger partial charge on any atom is -0.506 e. The molecule has 1 aromatic carbocycles. The molecule has 0 aliphatic rings. The van der Waals surface area contributed by atoms with Gasteiger partial charge in [-0.1, -0.05) is 6.07 Å². The Bertz CT molecular complexity index is 313. The molecule has 0 amide bonds. The predicted molar refractivity (Wildman–Crippen MR) is 44.4 cm³/mol. The van der Waals surface area contributed by atoms with Crippen LogP contribution < -0.4 is 5.73 Å². The molecule has 0 aromatic heterocycles. The number of benzene rings is 1. The maximum atomic E-state index is 11.9. The number of para-hydroxylation sites is 1. The predicted octanol–water partition coefficient (Wildman–Crippen LogP) is 2.59. The third kappa shape index (κ3) is 2.73. The highest BCUT2D eigenvalue weighted by Crippen LogP contribution is 2.41. The highest BCUT2D eigenvalue weighted by Gasteiger charge is 2.30. The summed E-state index contributed by atoms with van der Waals surface area (Å²) < 4.78 is 35.6. The third-order valence-corrected chi connectivity index (χ3v) is 2.08. The maximum absolute atomic E-state index is 11.9. The van der Waals surface area contributed by atoms with Gasteiger partial charge in [0.25, 0.3) is 0 Å². The smallest absolute Gasteiger partial charge is 0.446 e. The molecule has 72 valence electrons. The van der Waals surface area contributed by atoms with Gasteiger partial charge in [-0.2, -0.15) is 13.2 Å². The third-order valence-electron chi connectivity index (χ3n) is 1.27. The van der Waals surface area contributed by atoms with Crippen LogP contribution in [-0.4, -0.2) is 10.6 Å². The molecule has 1 aromatic rings. The quantitative estimate of drug-likeness (QED) is 0.424. The lowest BCUT2D eigenvalue weighted by atomic mass is 10.3. The summed E-state index contributed by atoms with van der Waals surface area (Å²) in [6.07, 6.45) is 0. The van der Waals surface area contributed by atoms with Crippen molar-refractivity contribution < 1.29 is 18.3 Å². The van der Waals surface area contributed by atoms with Gasteiger partial charge in [-0.3, -0.25) is 0 Å². The summed E-state index contributed by atoms with van der Waals surface area (Å²) in [6.45, 7) is 0. The molecule has 13 heavy (non-hydrogen) atoms. The van der Waals surface area contributed by atoms with Crippen LogP contribution >= 0.6 is 11.8 Å². The van der Waals surface area contributed by atoms with Crippen molar-refractivity contribution in [2.75, 3.05) is 5.73 Å². The second-order valence-corrected chi connectivity index (χ2v) is 3.34. The van der Waals surface area contributed by atoms with Crippen LogP contribution in [0.3, 0.4) is 0 Å². The molecule has 0 bridgehead atoms. The Hall–Kier alpha value is -1.04. The lowest BCUT2D eigenvalue weighted by Gasteiger charge is -2.08. The fourth-order valence-electron chi connectivity index (χ4n) is 0.746. The van der Waals surface area contributed by atoms with Crippen molar-refractivity contribution in [3.05, 3.63) is 18.2 Å². The van der Waals surface area contributed by atoms with Gasteiger partial charge in [-0.15, -0.1) is 0 Å². The molecule has 0 spiro atoms. The molecule has 0 heterocycles. The van der Waals surface area contributed by atoms with E-state index in [2.05, 4.69) is 0 Å². The van der Waals surface area contributed by atoms with Crippen LogP contribution in [0.2, 0.25) is 0 Å². The lowest BCUT2D eigenvalue weighted by molar-refractivity contribution is -0.0327. The van der Waals surface area contributed by atoms with Crippen molar-refractivity contribution in [1.82, 2.24) is 0 Å². The van der Waals surface area contributed by atoms with E-state index in [9.17, 15) is 13.2 Å². The Morgan fingerprint density at radius 2 is 1.92 bits per heavy atom. The maximum Gasteiger partial charge on any atom is 0.446 e. The number of phenolic OH excluding ortho intramolecular Hbond substituents is 1. The summed E-state index contributed by atoms with van der Waals surface area (Å²) in [5.74, 6) is -0.339. The number of anilines is 1. The molecule has 2 nitrogen and oxygen atoms in total. The number of aromatic hydroxyl groups is 1.